The SMILES string of the molecule is C#C[C@]1(C)O/C=C/[C@H](/C=C/C)[C@@H](C=C)[C@@H](OC(=O)CC(=O)NCCN2CCOCC2)[C@H](C)[C@H](O)[C@H](C)[C@@H](O)[C@@H](C)/C=C/C=C(/C)C(=O)Nc2c(O)c3c(O)c(C)c(c(C=O)c3c3c2=NC2(CCN(CC(C)I)CC2)N=3)O1. The number of morpholine rings is 1. The van der Waals surface area contributed by atoms with E-state index in [0.29, 0.717) is 62.4 Å². The number of hydrogen-bond acceptors (Lipinski definition) is 16. The van der Waals surface area contributed by atoms with Crippen molar-refractivity contribution in [1.29, 1.82) is 0 Å². The topological polar surface area (TPSA) is 241 Å². The van der Waals surface area contributed by atoms with Crippen molar-refractivity contribution in [2.24, 2.45) is 39.6 Å². The molecular formula is C57H75IN6O12. The van der Waals surface area contributed by atoms with Gasteiger partial charge in [0, 0.05) is 116 Å². The Hall–Kier alpha value is -5.63. The maximum Gasteiger partial charge on any atom is 0.315 e. The molecule has 5 aliphatic heterocycles. The summed E-state index contributed by atoms with van der Waals surface area (Å²) in [5, 5.41) is 53.8. The number of phenols is 2. The molecule has 412 valence electrons. The number of benzene rings is 2. The summed E-state index contributed by atoms with van der Waals surface area (Å²) >= 11 is 2.39. The number of nitrogens with one attached hydrogen (secondary N) is 2. The normalized spacial score (nSPS) is 29.7. The van der Waals surface area contributed by atoms with Gasteiger partial charge in [0.05, 0.1) is 48.0 Å². The summed E-state index contributed by atoms with van der Waals surface area (Å²) in [5.74, 6) is -6.31. The third-order valence-electron chi connectivity index (χ3n) is 14.9. The van der Waals surface area contributed by atoms with Crippen LogP contribution in [0.4, 0.5) is 5.69 Å². The Kier molecular flexibility index (Phi) is 20.5. The van der Waals surface area contributed by atoms with Gasteiger partial charge in [-0.1, -0.05) is 86.7 Å². The molecule has 6 N–H and O–H groups in total. The van der Waals surface area contributed by atoms with E-state index < -0.39 is 95.1 Å². The van der Waals surface area contributed by atoms with Crippen molar-refractivity contribution in [2.45, 2.75) is 108 Å². The number of amides is 2. The molecule has 2 amide bonds. The Morgan fingerprint density at radius 3 is 2.36 bits per heavy atom. The average molecular weight is 1160 g/mol. The van der Waals surface area contributed by atoms with Crippen LogP contribution in [0.5, 0.6) is 17.2 Å². The Labute approximate surface area is 459 Å². The lowest BCUT2D eigenvalue weighted by atomic mass is 9.75. The number of terminal acetylenes is 1. The summed E-state index contributed by atoms with van der Waals surface area (Å²) in [4.78, 5) is 69.2. The first-order valence-electron chi connectivity index (χ1n) is 26.0. The summed E-state index contributed by atoms with van der Waals surface area (Å²) in [6.45, 7) is 23.4. The van der Waals surface area contributed by atoms with Gasteiger partial charge in [0.2, 0.25) is 5.91 Å². The number of fused-ring (bicyclic) bond motifs is 16. The van der Waals surface area contributed by atoms with Gasteiger partial charge < -0.3 is 54.9 Å². The molecule has 4 bridgehead atoms. The Morgan fingerprint density at radius 1 is 1.04 bits per heavy atom. The van der Waals surface area contributed by atoms with Crippen molar-refractivity contribution in [3.63, 3.8) is 0 Å². The van der Waals surface area contributed by atoms with Gasteiger partial charge >= 0.3 is 11.8 Å². The van der Waals surface area contributed by atoms with Crippen LogP contribution in [0.15, 0.2) is 70.9 Å². The lowest BCUT2D eigenvalue weighted by molar-refractivity contribution is -0.160. The van der Waals surface area contributed by atoms with E-state index in [1.807, 2.05) is 0 Å². The molecule has 18 nitrogen and oxygen atoms in total. The van der Waals surface area contributed by atoms with Crippen LogP contribution in [0.1, 0.15) is 83.7 Å². The van der Waals surface area contributed by atoms with Crippen LogP contribution >= 0.6 is 22.6 Å². The number of piperidine rings is 1. The first-order valence-corrected chi connectivity index (χ1v) is 27.3. The van der Waals surface area contributed by atoms with Crippen molar-refractivity contribution < 1.29 is 58.6 Å². The van der Waals surface area contributed by atoms with Gasteiger partial charge in [0.1, 0.15) is 35.1 Å². The lowest BCUT2D eigenvalue weighted by Gasteiger charge is -2.38. The van der Waals surface area contributed by atoms with E-state index in [4.69, 9.17) is 35.4 Å². The molecule has 10 atom stereocenters. The molecule has 0 aliphatic carbocycles. The van der Waals surface area contributed by atoms with Crippen LogP contribution in [0.2, 0.25) is 0 Å². The molecule has 2 aromatic rings. The quantitative estimate of drug-likeness (QED) is 0.0244. The largest absolute Gasteiger partial charge is 0.507 e. The highest BCUT2D eigenvalue weighted by Gasteiger charge is 2.42. The maximum atomic E-state index is 14.1. The number of aliphatic hydroxyl groups is 2. The van der Waals surface area contributed by atoms with Gasteiger partial charge in [-0.3, -0.25) is 34.1 Å². The number of allylic oxidation sites excluding steroid dienone is 5. The van der Waals surface area contributed by atoms with E-state index in [1.54, 1.807) is 71.1 Å². The van der Waals surface area contributed by atoms with Crippen LogP contribution in [-0.4, -0.2) is 147 Å². The summed E-state index contributed by atoms with van der Waals surface area (Å²) in [7, 11) is 0. The molecule has 1 spiro atoms. The van der Waals surface area contributed by atoms with Gasteiger partial charge in [-0.2, -0.15) is 0 Å². The number of hydrogen-bond donors (Lipinski definition) is 6. The minimum absolute atomic E-state index is 0.0147. The number of carbonyl (C=O) groups excluding carboxylic acids is 4. The van der Waals surface area contributed by atoms with Crippen molar-refractivity contribution in [2.75, 3.05) is 64.3 Å². The number of esters is 1. The monoisotopic (exact) mass is 1160 g/mol. The molecule has 2 aromatic carbocycles. The fourth-order valence-corrected chi connectivity index (χ4v) is 10.9. The zero-order valence-electron chi connectivity index (χ0n) is 44.9. The fourth-order valence-electron chi connectivity index (χ4n) is 10.3. The number of aromatic hydroxyl groups is 2. The number of carbonyl (C=O) groups is 4. The number of anilines is 1. The molecule has 5 aliphatic rings. The number of phenolic OH excluding ortho intramolecular Hbond substituents is 2. The number of halogens is 1. The standard InChI is InChI=1S/C57H75IN6O12/c1-11-15-39-18-27-74-56(10,13-3)76-54-38(9)51(70)45-44(41(54)32-65)46-47(62-57(61-46)19-22-64(23-20-57)31-35(6)58)48(52(45)71)60-55(72)34(5)17-14-16-33(4)49(68)36(7)50(69)37(8)53(40(39)12-2)75-43(67)30-42(66)59-21-24-63-25-28-73-29-26-63/h3,11-12,14-18,27,32-33,35-37,39-40,49-50,53,68-71H,2,19-26,28-31H2,1,4-10H3,(H,59,66)(H,60,72)/b15-11+,16-14+,27-18+,34-17-/t33-,35?,36+,37+,39-,40+,49-,50+,53-,56+/m0/s1. The van der Waals surface area contributed by atoms with Crippen LogP contribution in [0, 0.1) is 48.9 Å². The Bertz CT molecular complexity index is 2790. The predicted octanol–water partition coefficient (Wildman–Crippen LogP) is 5.33. The molecule has 0 aromatic heterocycles. The van der Waals surface area contributed by atoms with Crippen molar-refractivity contribution in [3.05, 3.63) is 82.8 Å². The van der Waals surface area contributed by atoms with Crippen LogP contribution in [0.25, 0.3) is 10.8 Å². The molecule has 0 radical (unpaired) electrons. The van der Waals surface area contributed by atoms with E-state index in [9.17, 15) is 39.6 Å². The number of likely N-dealkylation sites (tertiary alicyclic amines) is 1. The van der Waals surface area contributed by atoms with E-state index in [2.05, 4.69) is 62.4 Å². The van der Waals surface area contributed by atoms with Crippen LogP contribution < -0.4 is 26.1 Å². The minimum Gasteiger partial charge on any atom is -0.507 e. The molecule has 5 heterocycles. The van der Waals surface area contributed by atoms with Gasteiger partial charge in [-0.25, -0.2) is 0 Å². The highest BCUT2D eigenvalue weighted by atomic mass is 127. The minimum atomic E-state index is -1.97. The molecular weight excluding hydrogens is 1090 g/mol. The average Bonchev–Trinajstić information content (AvgIpc) is 3.87. The third kappa shape index (κ3) is 13.7. The van der Waals surface area contributed by atoms with E-state index in [0.717, 1.165) is 19.6 Å². The summed E-state index contributed by atoms with van der Waals surface area (Å²) < 4.78 is 24.6. The first kappa shape index (κ1) is 59.6. The van der Waals surface area contributed by atoms with Gasteiger partial charge in [0.25, 0.3) is 5.91 Å². The zero-order valence-corrected chi connectivity index (χ0v) is 47.0. The summed E-state index contributed by atoms with van der Waals surface area (Å²) in [6, 6.07) is 0. The molecule has 1 unspecified atom stereocenters. The fraction of sp³-hybridized carbons (Fsp3) is 0.544. The molecule has 19 heteroatoms. The number of nitrogens with zero attached hydrogens (tertiary/aromatic N) is 4. The second-order valence-corrected chi connectivity index (χ2v) is 22.7. The highest BCUT2D eigenvalue weighted by molar-refractivity contribution is 14.1. The Balaban J connectivity index is 1.45. The smallest absolute Gasteiger partial charge is 0.315 e. The zero-order chi connectivity index (χ0) is 55.6. The molecule has 0 saturated carbocycles. The number of rotatable bonds is 11. The third-order valence-corrected chi connectivity index (χ3v) is 15.3. The van der Waals surface area contributed by atoms with E-state index >= 15 is 0 Å². The first-order chi connectivity index (χ1) is 36.1. The molecule has 76 heavy (non-hydrogen) atoms. The number of alkyl halides is 1. The summed E-state index contributed by atoms with van der Waals surface area (Å²) in [6.07, 6.45) is 16.4. The second kappa shape index (κ2) is 26.1. The summed E-state index contributed by atoms with van der Waals surface area (Å²) in [5.41, 5.74) is -1.03. The Morgan fingerprint density at radius 2 is 1.72 bits per heavy atom. The molecule has 7 rings (SSSR count). The van der Waals surface area contributed by atoms with Gasteiger partial charge in [-0.05, 0) is 32.8 Å². The number of ether oxygens (including phenoxy) is 4. The van der Waals surface area contributed by atoms with Crippen molar-refractivity contribution in [1.82, 2.24) is 15.1 Å². The number of aldehydes is 1. The predicted molar refractivity (Wildman–Crippen MR) is 297 cm³/mol. The van der Waals surface area contributed by atoms with Crippen LogP contribution in [0.3, 0.4) is 0 Å². The van der Waals surface area contributed by atoms with Crippen molar-refractivity contribution in [3.8, 4) is 29.6 Å². The highest BCUT2D eigenvalue weighted by Crippen LogP contribution is 2.46. The molecule has 2 fully saturated rings. The van der Waals surface area contributed by atoms with E-state index in [1.165, 1.54) is 26.2 Å². The van der Waals surface area contributed by atoms with Gasteiger partial charge in [0.15, 0.2) is 17.7 Å². The van der Waals surface area contributed by atoms with Crippen LogP contribution in [-0.2, 0) is 28.6 Å². The molecule has 2 saturated heterocycles. The lowest BCUT2D eigenvalue weighted by Crippen LogP contribution is -2.46. The second-order valence-electron chi connectivity index (χ2n) is 20.5. The van der Waals surface area contributed by atoms with Gasteiger partial charge in [-0.15, -0.1) is 13.0 Å². The maximum absolute atomic E-state index is 14.1. The van der Waals surface area contributed by atoms with E-state index in [-0.39, 0.29) is 49.6 Å². The number of aliphatic hydroxyl groups excluding tert-OH is 2. The van der Waals surface area contributed by atoms with Crippen molar-refractivity contribution >= 4 is 63.1 Å².